The molecule has 0 radical (unpaired) electrons. The summed E-state index contributed by atoms with van der Waals surface area (Å²) in [6.45, 7) is 2.84. The fourth-order valence-corrected chi connectivity index (χ4v) is 3.10. The fraction of sp³-hybridized carbons (Fsp3) is 0.474. The van der Waals surface area contributed by atoms with Gasteiger partial charge in [0.1, 0.15) is 11.8 Å². The van der Waals surface area contributed by atoms with Crippen molar-refractivity contribution in [3.05, 3.63) is 35.9 Å². The summed E-state index contributed by atoms with van der Waals surface area (Å²) in [6, 6.07) is 9.22. The van der Waals surface area contributed by atoms with E-state index in [9.17, 15) is 4.79 Å². The number of piperidine rings is 1. The molecule has 0 unspecified atom stereocenters. The van der Waals surface area contributed by atoms with Crippen LogP contribution in [0, 0.1) is 17.2 Å². The van der Waals surface area contributed by atoms with Crippen LogP contribution in [0.25, 0.3) is 6.08 Å². The van der Waals surface area contributed by atoms with Crippen molar-refractivity contribution in [2.45, 2.75) is 19.1 Å². The van der Waals surface area contributed by atoms with E-state index in [4.69, 9.17) is 19.5 Å². The first-order chi connectivity index (χ1) is 12.3. The molecule has 2 fully saturated rings. The second kappa shape index (κ2) is 8.65. The number of hydrogen-bond donors (Lipinski definition) is 0. The Morgan fingerprint density at radius 3 is 2.56 bits per heavy atom. The number of likely N-dealkylation sites (tertiary alicyclic amines) is 1. The Hall–Kier alpha value is -2.36. The summed E-state index contributed by atoms with van der Waals surface area (Å²) in [6.07, 6.45) is 5.14. The highest BCUT2D eigenvalue weighted by atomic mass is 16.7. The highest BCUT2D eigenvalue weighted by Crippen LogP contribution is 2.26. The van der Waals surface area contributed by atoms with Crippen LogP contribution in [0.3, 0.4) is 0 Å². The number of ether oxygens (including phenoxy) is 3. The fourth-order valence-electron chi connectivity index (χ4n) is 3.10. The second-order valence-corrected chi connectivity index (χ2v) is 6.12. The molecule has 2 heterocycles. The number of benzene rings is 1. The summed E-state index contributed by atoms with van der Waals surface area (Å²) in [4.78, 5) is 14.2. The maximum absolute atomic E-state index is 12.3. The third-order valence-corrected chi connectivity index (χ3v) is 4.49. The van der Waals surface area contributed by atoms with Crippen molar-refractivity contribution in [3.63, 3.8) is 0 Å². The molecular weight excluding hydrogens is 320 g/mol. The van der Waals surface area contributed by atoms with E-state index in [2.05, 4.69) is 0 Å². The zero-order chi connectivity index (χ0) is 17.5. The maximum atomic E-state index is 12.3. The third-order valence-electron chi connectivity index (χ3n) is 4.49. The van der Waals surface area contributed by atoms with Crippen molar-refractivity contribution in [1.82, 2.24) is 4.90 Å². The molecule has 1 amide bonds. The molecule has 0 spiro atoms. The molecule has 0 bridgehead atoms. The predicted octanol–water partition coefficient (Wildman–Crippen LogP) is 2.21. The highest BCUT2D eigenvalue weighted by molar-refractivity contribution is 5.91. The maximum Gasteiger partial charge on any atom is 0.246 e. The third kappa shape index (κ3) is 4.81. The lowest BCUT2D eigenvalue weighted by molar-refractivity contribution is -0.131. The van der Waals surface area contributed by atoms with Gasteiger partial charge in [0.15, 0.2) is 12.9 Å². The number of carbonyl (C=O) groups excluding carboxylic acids is 1. The van der Waals surface area contributed by atoms with Gasteiger partial charge in [0.2, 0.25) is 5.91 Å². The smallest absolute Gasteiger partial charge is 0.246 e. The van der Waals surface area contributed by atoms with Crippen LogP contribution in [0.5, 0.6) is 5.75 Å². The molecule has 0 aromatic heterocycles. The largest absolute Gasteiger partial charge is 0.479 e. The van der Waals surface area contributed by atoms with E-state index in [0.29, 0.717) is 24.9 Å². The zero-order valence-corrected chi connectivity index (χ0v) is 14.1. The predicted molar refractivity (Wildman–Crippen MR) is 91.6 cm³/mol. The minimum absolute atomic E-state index is 0.0246. The first-order valence-electron chi connectivity index (χ1n) is 8.56. The van der Waals surface area contributed by atoms with Crippen molar-refractivity contribution in [2.24, 2.45) is 5.92 Å². The lowest BCUT2D eigenvalue weighted by Gasteiger charge is -2.33. The van der Waals surface area contributed by atoms with E-state index < -0.39 is 0 Å². The average molecular weight is 342 g/mol. The summed E-state index contributed by atoms with van der Waals surface area (Å²) in [5, 5.41) is 8.49. The summed E-state index contributed by atoms with van der Waals surface area (Å²) in [5.74, 6) is 1.05. The molecule has 3 rings (SSSR count). The van der Waals surface area contributed by atoms with Crippen LogP contribution in [0.2, 0.25) is 0 Å². The van der Waals surface area contributed by atoms with Crippen LogP contribution in [0.1, 0.15) is 18.4 Å². The Morgan fingerprint density at radius 2 is 1.92 bits per heavy atom. The van der Waals surface area contributed by atoms with Crippen molar-refractivity contribution in [3.8, 4) is 11.8 Å². The van der Waals surface area contributed by atoms with E-state index >= 15 is 0 Å². The number of carbonyl (C=O) groups is 1. The lowest BCUT2D eigenvalue weighted by Crippen LogP contribution is -2.40. The molecule has 132 valence electrons. The zero-order valence-electron chi connectivity index (χ0n) is 14.1. The number of nitriles is 1. The number of rotatable bonds is 5. The molecule has 1 aromatic rings. The van der Waals surface area contributed by atoms with Gasteiger partial charge in [-0.05, 0) is 36.6 Å². The van der Waals surface area contributed by atoms with Gasteiger partial charge in [0, 0.05) is 25.1 Å². The van der Waals surface area contributed by atoms with Gasteiger partial charge in [0.05, 0.1) is 13.2 Å². The molecule has 0 saturated carbocycles. The molecule has 2 saturated heterocycles. The Kier molecular flexibility index (Phi) is 6.04. The quantitative estimate of drug-likeness (QED) is 0.767. The van der Waals surface area contributed by atoms with Gasteiger partial charge in [-0.1, -0.05) is 12.1 Å². The Bertz CT molecular complexity index is 636. The average Bonchev–Trinajstić information content (AvgIpc) is 3.20. The first-order valence-corrected chi connectivity index (χ1v) is 8.56. The molecule has 0 N–H and O–H groups in total. The van der Waals surface area contributed by atoms with Crippen LogP contribution in [-0.2, 0) is 14.3 Å². The van der Waals surface area contributed by atoms with Crippen LogP contribution in [0.15, 0.2) is 30.3 Å². The van der Waals surface area contributed by atoms with Gasteiger partial charge in [-0.25, -0.2) is 0 Å². The summed E-state index contributed by atoms with van der Waals surface area (Å²) < 4.78 is 16.3. The van der Waals surface area contributed by atoms with E-state index in [0.717, 1.165) is 31.5 Å². The van der Waals surface area contributed by atoms with E-state index in [-0.39, 0.29) is 18.8 Å². The SMILES string of the molecule is N#CCOc1ccc(/C=C/C(=O)N2CCC(C3OCCO3)CC2)cc1. The van der Waals surface area contributed by atoms with Crippen LogP contribution in [-0.4, -0.2) is 50.0 Å². The van der Waals surface area contributed by atoms with Gasteiger partial charge >= 0.3 is 0 Å². The Labute approximate surface area is 147 Å². The summed E-state index contributed by atoms with van der Waals surface area (Å²) in [5.41, 5.74) is 0.917. The van der Waals surface area contributed by atoms with E-state index in [1.807, 2.05) is 23.1 Å². The molecule has 25 heavy (non-hydrogen) atoms. The van der Waals surface area contributed by atoms with E-state index in [1.54, 1.807) is 24.3 Å². The highest BCUT2D eigenvalue weighted by Gasteiger charge is 2.31. The Morgan fingerprint density at radius 1 is 1.24 bits per heavy atom. The van der Waals surface area contributed by atoms with Crippen LogP contribution < -0.4 is 4.74 Å². The van der Waals surface area contributed by atoms with Gasteiger partial charge in [-0.3, -0.25) is 4.79 Å². The molecule has 6 nitrogen and oxygen atoms in total. The standard InChI is InChI=1S/C19H22N2O4/c20-9-12-23-17-4-1-15(2-5-17)3-6-18(22)21-10-7-16(8-11-21)19-24-13-14-25-19/h1-6,16,19H,7-8,10-14H2/b6-3+. The molecule has 6 heteroatoms. The monoisotopic (exact) mass is 342 g/mol. The van der Waals surface area contributed by atoms with Crippen molar-refractivity contribution >= 4 is 12.0 Å². The van der Waals surface area contributed by atoms with E-state index in [1.165, 1.54) is 0 Å². The topological polar surface area (TPSA) is 71.8 Å². The molecule has 2 aliphatic rings. The molecular formula is C19H22N2O4. The molecule has 0 atom stereocenters. The molecule has 0 aliphatic carbocycles. The molecule has 1 aromatic carbocycles. The normalized spacial score (nSPS) is 19.2. The van der Waals surface area contributed by atoms with Crippen LogP contribution >= 0.6 is 0 Å². The number of hydrogen-bond acceptors (Lipinski definition) is 5. The first kappa shape index (κ1) is 17.5. The van der Waals surface area contributed by atoms with Crippen LogP contribution in [0.4, 0.5) is 0 Å². The number of nitrogens with zero attached hydrogens (tertiary/aromatic N) is 2. The number of amides is 1. The minimum Gasteiger partial charge on any atom is -0.479 e. The summed E-state index contributed by atoms with van der Waals surface area (Å²) >= 11 is 0. The molecule has 2 aliphatic heterocycles. The van der Waals surface area contributed by atoms with Gasteiger partial charge in [0.25, 0.3) is 0 Å². The van der Waals surface area contributed by atoms with Gasteiger partial charge in [-0.2, -0.15) is 5.26 Å². The lowest BCUT2D eigenvalue weighted by atomic mass is 9.96. The van der Waals surface area contributed by atoms with Crippen molar-refractivity contribution < 1.29 is 19.0 Å². The van der Waals surface area contributed by atoms with Crippen molar-refractivity contribution in [2.75, 3.05) is 32.9 Å². The van der Waals surface area contributed by atoms with Gasteiger partial charge in [-0.15, -0.1) is 0 Å². The second-order valence-electron chi connectivity index (χ2n) is 6.12. The minimum atomic E-state index is -0.0884. The van der Waals surface area contributed by atoms with Crippen molar-refractivity contribution in [1.29, 1.82) is 5.26 Å². The summed E-state index contributed by atoms with van der Waals surface area (Å²) in [7, 11) is 0. The Balaban J connectivity index is 1.47. The van der Waals surface area contributed by atoms with Gasteiger partial charge < -0.3 is 19.1 Å².